The van der Waals surface area contributed by atoms with E-state index in [0.717, 1.165) is 43.8 Å². The molecule has 3 heterocycles. The summed E-state index contributed by atoms with van der Waals surface area (Å²) < 4.78 is 0. The van der Waals surface area contributed by atoms with Gasteiger partial charge in [-0.25, -0.2) is 4.98 Å². The van der Waals surface area contributed by atoms with Crippen molar-refractivity contribution in [1.29, 1.82) is 0 Å². The van der Waals surface area contributed by atoms with Crippen molar-refractivity contribution in [2.75, 3.05) is 20.1 Å². The van der Waals surface area contributed by atoms with E-state index >= 15 is 0 Å². The van der Waals surface area contributed by atoms with Gasteiger partial charge in [0.2, 0.25) is 5.91 Å². The second kappa shape index (κ2) is 17.9. The Morgan fingerprint density at radius 2 is 1.69 bits per heavy atom. The zero-order chi connectivity index (χ0) is 34.8. The van der Waals surface area contributed by atoms with Crippen LogP contribution in [-0.4, -0.2) is 64.6 Å². The van der Waals surface area contributed by atoms with E-state index in [1.165, 1.54) is 11.8 Å². The van der Waals surface area contributed by atoms with Crippen molar-refractivity contribution in [3.63, 3.8) is 0 Å². The molecule has 2 aromatic heterocycles. The smallest absolute Gasteiger partial charge is 0.226 e. The number of hydrogen-bond acceptors (Lipinski definition) is 8. The first-order chi connectivity index (χ1) is 23.8. The second-order valence-electron chi connectivity index (χ2n) is 12.8. The molecular weight excluding hydrogens is 656 g/mol. The SMILES string of the molecule is CN1C(=O)[C@H](CCCCN)CC(=O)[C@H](CCCN)NCc2ccccc2Sc2c(ccnc2Cl)CCC(=O)[C@@H]1Cc1c[nH]c2ccccc12. The van der Waals surface area contributed by atoms with Gasteiger partial charge in [-0.1, -0.05) is 66.2 Å². The lowest BCUT2D eigenvalue weighted by Crippen LogP contribution is -2.47. The molecule has 0 aliphatic carbocycles. The number of aromatic nitrogens is 2. The summed E-state index contributed by atoms with van der Waals surface area (Å²) in [6, 6.07) is 16.7. The lowest BCUT2D eigenvalue weighted by Gasteiger charge is -2.31. The van der Waals surface area contributed by atoms with E-state index in [2.05, 4.69) is 15.3 Å². The van der Waals surface area contributed by atoms with Crippen LogP contribution in [0.1, 0.15) is 61.6 Å². The third-order valence-corrected chi connectivity index (χ3v) is 11.1. The zero-order valence-corrected chi connectivity index (χ0v) is 29.7. The van der Waals surface area contributed by atoms with E-state index in [1.807, 2.05) is 60.8 Å². The zero-order valence-electron chi connectivity index (χ0n) is 28.1. The van der Waals surface area contributed by atoms with Gasteiger partial charge in [-0.2, -0.15) is 0 Å². The van der Waals surface area contributed by atoms with Crippen LogP contribution in [-0.2, 0) is 33.8 Å². The first kappa shape index (κ1) is 36.7. The number of para-hydroxylation sites is 1. The highest BCUT2D eigenvalue weighted by molar-refractivity contribution is 7.99. The molecule has 11 heteroatoms. The molecule has 49 heavy (non-hydrogen) atoms. The van der Waals surface area contributed by atoms with Crippen molar-refractivity contribution >= 4 is 51.7 Å². The number of amides is 1. The number of unbranched alkanes of at least 4 members (excludes halogenated alkanes) is 1. The standard InChI is InChI=1S/C38H47ClN6O3S/c1-45-32(21-28-24-43-30-12-4-3-11-29(28)30)33(46)16-15-25-17-20-42-37(39)36(25)49-35-14-5-2-10-27(35)23-44-31(13-8-19-41)34(47)22-26(38(45)48)9-6-7-18-40/h2-5,10-12,14,17,20,24,26,31-32,43-44H,6-9,13,15-16,18-19,21-23,40-41H2,1H3/t26-,31+,32+/m1/s1. The molecule has 1 aliphatic rings. The summed E-state index contributed by atoms with van der Waals surface area (Å²) >= 11 is 8.22. The Hall–Kier alpha value is -3.54. The fourth-order valence-corrected chi connectivity index (χ4v) is 8.00. The van der Waals surface area contributed by atoms with E-state index in [1.54, 1.807) is 18.1 Å². The summed E-state index contributed by atoms with van der Waals surface area (Å²) in [4.78, 5) is 53.8. The topological polar surface area (TPSA) is 147 Å². The molecule has 9 nitrogen and oxygen atoms in total. The highest BCUT2D eigenvalue weighted by atomic mass is 35.5. The Morgan fingerprint density at radius 3 is 2.51 bits per heavy atom. The number of nitrogens with zero attached hydrogens (tertiary/aromatic N) is 2. The van der Waals surface area contributed by atoms with Crippen molar-refractivity contribution < 1.29 is 14.4 Å². The molecule has 0 spiro atoms. The number of nitrogens with two attached hydrogens (primary N) is 2. The lowest BCUT2D eigenvalue weighted by molar-refractivity contribution is -0.143. The number of benzene rings is 2. The van der Waals surface area contributed by atoms with Gasteiger partial charge in [0.1, 0.15) is 5.15 Å². The van der Waals surface area contributed by atoms with Crippen LogP contribution in [0.15, 0.2) is 76.8 Å². The van der Waals surface area contributed by atoms with E-state index in [9.17, 15) is 14.4 Å². The van der Waals surface area contributed by atoms with Crippen LogP contribution >= 0.6 is 23.4 Å². The molecule has 6 N–H and O–H groups in total. The van der Waals surface area contributed by atoms with Gasteiger partial charge >= 0.3 is 0 Å². The van der Waals surface area contributed by atoms with Crippen molar-refractivity contribution in [2.45, 2.75) is 86.2 Å². The van der Waals surface area contributed by atoms with E-state index < -0.39 is 18.0 Å². The number of rotatable bonds is 9. The average molecular weight is 703 g/mol. The average Bonchev–Trinajstić information content (AvgIpc) is 3.52. The molecule has 0 fully saturated rings. The molecule has 2 aromatic carbocycles. The molecule has 5 rings (SSSR count). The minimum atomic E-state index is -0.727. The summed E-state index contributed by atoms with van der Waals surface area (Å²) in [5.74, 6) is -0.851. The number of ketones is 2. The number of halogens is 1. The number of hydrogen-bond donors (Lipinski definition) is 4. The Balaban J connectivity index is 1.55. The molecule has 0 radical (unpaired) electrons. The van der Waals surface area contributed by atoms with E-state index in [4.69, 9.17) is 23.1 Å². The van der Waals surface area contributed by atoms with Gasteiger partial charge in [0.15, 0.2) is 11.6 Å². The molecule has 0 unspecified atom stereocenters. The van der Waals surface area contributed by atoms with Crippen LogP contribution in [0.25, 0.3) is 10.9 Å². The summed E-state index contributed by atoms with van der Waals surface area (Å²) in [7, 11) is 1.71. The monoisotopic (exact) mass is 702 g/mol. The third kappa shape index (κ3) is 9.38. The maximum absolute atomic E-state index is 14.4. The molecular formula is C38H47ClN6O3S. The molecule has 0 saturated heterocycles. The van der Waals surface area contributed by atoms with Crippen LogP contribution in [0.5, 0.6) is 0 Å². The lowest BCUT2D eigenvalue weighted by atomic mass is 9.89. The minimum Gasteiger partial charge on any atom is -0.361 e. The number of Topliss-reactive ketones (excluding diaryl/α,β-unsaturated/α-hetero) is 2. The summed E-state index contributed by atoms with van der Waals surface area (Å²) in [5.41, 5.74) is 15.6. The quantitative estimate of drug-likeness (QED) is 0.125. The molecule has 4 aromatic rings. The van der Waals surface area contributed by atoms with Gasteiger partial charge in [0, 0.05) is 67.0 Å². The van der Waals surface area contributed by atoms with Gasteiger partial charge in [0.05, 0.1) is 17.0 Å². The first-order valence-electron chi connectivity index (χ1n) is 17.2. The molecule has 1 aliphatic heterocycles. The Morgan fingerprint density at radius 1 is 0.918 bits per heavy atom. The molecule has 0 saturated carbocycles. The highest BCUT2D eigenvalue weighted by Crippen LogP contribution is 2.37. The number of aromatic amines is 1. The van der Waals surface area contributed by atoms with Crippen LogP contribution in [0, 0.1) is 5.92 Å². The van der Waals surface area contributed by atoms with Crippen molar-refractivity contribution in [3.05, 3.63) is 88.8 Å². The van der Waals surface area contributed by atoms with Gasteiger partial charge < -0.3 is 26.7 Å². The van der Waals surface area contributed by atoms with Gasteiger partial charge in [-0.15, -0.1) is 0 Å². The van der Waals surface area contributed by atoms with Crippen molar-refractivity contribution in [3.8, 4) is 0 Å². The number of pyridine rings is 1. The van der Waals surface area contributed by atoms with E-state index in [0.29, 0.717) is 63.3 Å². The Kier molecular flexibility index (Phi) is 13.4. The number of carbonyl (C=O) groups is 3. The Bertz CT molecular complexity index is 1750. The number of fused-ring (bicyclic) bond motifs is 3. The predicted molar refractivity (Wildman–Crippen MR) is 197 cm³/mol. The van der Waals surface area contributed by atoms with Crippen molar-refractivity contribution in [1.82, 2.24) is 20.2 Å². The highest BCUT2D eigenvalue weighted by Gasteiger charge is 2.34. The molecule has 3 atom stereocenters. The van der Waals surface area contributed by atoms with Crippen LogP contribution < -0.4 is 16.8 Å². The predicted octanol–water partition coefficient (Wildman–Crippen LogP) is 5.85. The summed E-state index contributed by atoms with van der Waals surface area (Å²) in [6.07, 6.45) is 7.87. The minimum absolute atomic E-state index is 0.0282. The van der Waals surface area contributed by atoms with Crippen LogP contribution in [0.3, 0.4) is 0 Å². The number of nitrogens with one attached hydrogen (secondary N) is 2. The third-order valence-electron chi connectivity index (χ3n) is 9.47. The van der Waals surface area contributed by atoms with Gasteiger partial charge in [-0.05, 0) is 80.1 Å². The fourth-order valence-electron chi connectivity index (χ4n) is 6.63. The molecule has 0 bridgehead atoms. The second-order valence-corrected chi connectivity index (χ2v) is 14.2. The fraction of sp³-hybridized carbons (Fsp3) is 0.421. The molecule has 260 valence electrons. The maximum Gasteiger partial charge on any atom is 0.226 e. The Labute approximate surface area is 297 Å². The summed E-state index contributed by atoms with van der Waals surface area (Å²) in [5, 5.41) is 4.89. The van der Waals surface area contributed by atoms with E-state index in [-0.39, 0.29) is 30.3 Å². The first-order valence-corrected chi connectivity index (χ1v) is 18.4. The number of H-pyrrole nitrogens is 1. The molecule has 1 amide bonds. The van der Waals surface area contributed by atoms with Crippen LogP contribution in [0.2, 0.25) is 5.15 Å². The normalized spacial score (nSPS) is 19.9. The van der Waals surface area contributed by atoms with Gasteiger partial charge in [-0.3, -0.25) is 14.4 Å². The van der Waals surface area contributed by atoms with Gasteiger partial charge in [0.25, 0.3) is 0 Å². The number of aryl methyl sites for hydroxylation is 1. The largest absolute Gasteiger partial charge is 0.361 e. The van der Waals surface area contributed by atoms with Crippen LogP contribution in [0.4, 0.5) is 0 Å². The number of likely N-dealkylation sites (N-methyl/N-ethyl adjacent to an activating group) is 1. The van der Waals surface area contributed by atoms with Crippen molar-refractivity contribution in [2.24, 2.45) is 17.4 Å². The summed E-state index contributed by atoms with van der Waals surface area (Å²) in [6.45, 7) is 1.42. The maximum atomic E-state index is 14.4. The number of carbonyl (C=O) groups excluding carboxylic acids is 3.